The summed E-state index contributed by atoms with van der Waals surface area (Å²) in [6.07, 6.45) is 1.95. The number of anilines is 1. The molecule has 1 heterocycles. The highest BCUT2D eigenvalue weighted by molar-refractivity contribution is 5.98. The fourth-order valence-electron chi connectivity index (χ4n) is 1.78. The number of carbonyl (C=O) groups excluding carboxylic acids is 1. The van der Waals surface area contributed by atoms with Crippen molar-refractivity contribution in [1.29, 1.82) is 0 Å². The molecule has 104 valence electrons. The Balaban J connectivity index is 2.07. The van der Waals surface area contributed by atoms with Gasteiger partial charge in [0.2, 0.25) is 0 Å². The third kappa shape index (κ3) is 3.30. The van der Waals surface area contributed by atoms with Crippen LogP contribution in [0.3, 0.4) is 0 Å². The van der Waals surface area contributed by atoms with Gasteiger partial charge < -0.3 is 16.2 Å². The van der Waals surface area contributed by atoms with Crippen LogP contribution in [-0.2, 0) is 0 Å². The molecule has 2 aromatic rings. The van der Waals surface area contributed by atoms with Crippen LogP contribution in [0.25, 0.3) is 0 Å². The lowest BCUT2D eigenvalue weighted by Gasteiger charge is -2.14. The molecular formula is C14H14FN3O2. The molecule has 0 aliphatic carbocycles. The minimum atomic E-state index is -0.903. The number of aliphatic hydroxyl groups is 1. The van der Waals surface area contributed by atoms with Gasteiger partial charge in [0.25, 0.3) is 5.91 Å². The molecule has 2 rings (SSSR count). The van der Waals surface area contributed by atoms with Crippen LogP contribution in [0.5, 0.6) is 0 Å². The number of rotatable bonds is 5. The molecule has 1 amide bonds. The van der Waals surface area contributed by atoms with Crippen molar-refractivity contribution in [3.05, 3.63) is 59.7 Å². The molecule has 0 saturated carbocycles. The molecule has 20 heavy (non-hydrogen) atoms. The molecule has 1 atom stereocenters. The Morgan fingerprint density at radius 2 is 2.25 bits per heavy atom. The third-order valence-electron chi connectivity index (χ3n) is 2.81. The summed E-state index contributed by atoms with van der Waals surface area (Å²) in [6.45, 7) is 0.119. The van der Waals surface area contributed by atoms with Crippen LogP contribution < -0.4 is 11.1 Å². The Hall–Kier alpha value is -2.47. The monoisotopic (exact) mass is 275 g/mol. The van der Waals surface area contributed by atoms with Gasteiger partial charge in [0.05, 0.1) is 17.4 Å². The summed E-state index contributed by atoms with van der Waals surface area (Å²) in [7, 11) is 0. The quantitative estimate of drug-likeness (QED) is 0.771. The van der Waals surface area contributed by atoms with Gasteiger partial charge >= 0.3 is 0 Å². The van der Waals surface area contributed by atoms with Gasteiger partial charge in [0.1, 0.15) is 5.82 Å². The van der Waals surface area contributed by atoms with Gasteiger partial charge in [-0.05, 0) is 23.8 Å². The van der Waals surface area contributed by atoms with E-state index in [-0.39, 0.29) is 12.1 Å². The first-order valence-corrected chi connectivity index (χ1v) is 5.99. The second-order valence-electron chi connectivity index (χ2n) is 4.24. The van der Waals surface area contributed by atoms with Crippen LogP contribution in [0.15, 0.2) is 42.7 Å². The maximum atomic E-state index is 13.1. The molecule has 5 nitrogen and oxygen atoms in total. The molecule has 4 N–H and O–H groups in total. The summed E-state index contributed by atoms with van der Waals surface area (Å²) >= 11 is 0. The predicted octanol–water partition coefficient (Wildman–Crippen LogP) is 1.47. The summed E-state index contributed by atoms with van der Waals surface area (Å²) in [5, 5.41) is 12.9. The van der Waals surface area contributed by atoms with Gasteiger partial charge in [-0.1, -0.05) is 12.1 Å². The SMILES string of the molecule is NC(=O)c1cnccc1NCC(O)c1cccc(F)c1. The van der Waals surface area contributed by atoms with Crippen molar-refractivity contribution in [2.75, 3.05) is 11.9 Å². The molecule has 0 radical (unpaired) electrons. The first-order valence-electron chi connectivity index (χ1n) is 5.99. The largest absolute Gasteiger partial charge is 0.387 e. The Kier molecular flexibility index (Phi) is 4.27. The number of nitrogens with one attached hydrogen (secondary N) is 1. The van der Waals surface area contributed by atoms with Crippen molar-refractivity contribution in [3.63, 3.8) is 0 Å². The molecule has 1 unspecified atom stereocenters. The van der Waals surface area contributed by atoms with Crippen molar-refractivity contribution >= 4 is 11.6 Å². The fraction of sp³-hybridized carbons (Fsp3) is 0.143. The summed E-state index contributed by atoms with van der Waals surface area (Å²) < 4.78 is 13.1. The average molecular weight is 275 g/mol. The van der Waals surface area contributed by atoms with E-state index < -0.39 is 17.8 Å². The number of carbonyl (C=O) groups is 1. The van der Waals surface area contributed by atoms with Crippen LogP contribution in [0, 0.1) is 5.82 Å². The van der Waals surface area contributed by atoms with Crippen molar-refractivity contribution < 1.29 is 14.3 Å². The standard InChI is InChI=1S/C14H14FN3O2/c15-10-3-1-2-9(6-10)13(19)8-18-12-4-5-17-7-11(12)14(16)20/h1-7,13,19H,8H2,(H2,16,20)(H,17,18). The number of aliphatic hydroxyl groups excluding tert-OH is 1. The van der Waals surface area contributed by atoms with E-state index in [1.165, 1.54) is 30.6 Å². The second kappa shape index (κ2) is 6.12. The lowest BCUT2D eigenvalue weighted by atomic mass is 10.1. The Morgan fingerprint density at radius 1 is 1.45 bits per heavy atom. The van der Waals surface area contributed by atoms with Crippen molar-refractivity contribution in [1.82, 2.24) is 4.98 Å². The molecule has 1 aromatic heterocycles. The van der Waals surface area contributed by atoms with Gasteiger partial charge in [-0.2, -0.15) is 0 Å². The number of primary amides is 1. The van der Waals surface area contributed by atoms with E-state index in [2.05, 4.69) is 10.3 Å². The minimum Gasteiger partial charge on any atom is -0.387 e. The van der Waals surface area contributed by atoms with E-state index in [4.69, 9.17) is 5.73 Å². The van der Waals surface area contributed by atoms with E-state index in [0.717, 1.165) is 0 Å². The third-order valence-corrected chi connectivity index (χ3v) is 2.81. The minimum absolute atomic E-state index is 0.119. The average Bonchev–Trinajstić information content (AvgIpc) is 2.45. The van der Waals surface area contributed by atoms with E-state index in [0.29, 0.717) is 11.3 Å². The van der Waals surface area contributed by atoms with E-state index >= 15 is 0 Å². The van der Waals surface area contributed by atoms with E-state index in [1.54, 1.807) is 12.1 Å². The molecule has 0 fully saturated rings. The molecule has 0 spiro atoms. The van der Waals surface area contributed by atoms with Gasteiger partial charge in [0, 0.05) is 18.9 Å². The molecular weight excluding hydrogens is 261 g/mol. The fourth-order valence-corrected chi connectivity index (χ4v) is 1.78. The summed E-state index contributed by atoms with van der Waals surface area (Å²) in [5.41, 5.74) is 6.38. The van der Waals surface area contributed by atoms with Gasteiger partial charge in [-0.15, -0.1) is 0 Å². The first kappa shape index (κ1) is 14.0. The normalized spacial score (nSPS) is 11.9. The van der Waals surface area contributed by atoms with Crippen molar-refractivity contribution in [2.24, 2.45) is 5.73 Å². The molecule has 1 aromatic carbocycles. The predicted molar refractivity (Wildman–Crippen MR) is 72.6 cm³/mol. The van der Waals surface area contributed by atoms with Crippen molar-refractivity contribution in [3.8, 4) is 0 Å². The summed E-state index contributed by atoms with van der Waals surface area (Å²) in [6, 6.07) is 7.29. The maximum Gasteiger partial charge on any atom is 0.252 e. The van der Waals surface area contributed by atoms with Gasteiger partial charge in [0.15, 0.2) is 0 Å². The molecule has 0 aliphatic heterocycles. The number of nitrogens with two attached hydrogens (primary N) is 1. The lowest BCUT2D eigenvalue weighted by Crippen LogP contribution is -2.18. The van der Waals surface area contributed by atoms with Crippen LogP contribution in [0.4, 0.5) is 10.1 Å². The van der Waals surface area contributed by atoms with Crippen LogP contribution >= 0.6 is 0 Å². The summed E-state index contributed by atoms with van der Waals surface area (Å²) in [5.74, 6) is -1.02. The number of halogens is 1. The van der Waals surface area contributed by atoms with Crippen molar-refractivity contribution in [2.45, 2.75) is 6.10 Å². The zero-order valence-corrected chi connectivity index (χ0v) is 10.6. The number of hydrogen-bond acceptors (Lipinski definition) is 4. The molecule has 0 bridgehead atoms. The maximum absolute atomic E-state index is 13.1. The highest BCUT2D eigenvalue weighted by Crippen LogP contribution is 2.17. The second-order valence-corrected chi connectivity index (χ2v) is 4.24. The smallest absolute Gasteiger partial charge is 0.252 e. The lowest BCUT2D eigenvalue weighted by molar-refractivity contribution is 0.100. The number of aromatic nitrogens is 1. The highest BCUT2D eigenvalue weighted by atomic mass is 19.1. The highest BCUT2D eigenvalue weighted by Gasteiger charge is 2.11. The first-order chi connectivity index (χ1) is 9.58. The van der Waals surface area contributed by atoms with E-state index in [1.807, 2.05) is 0 Å². The Morgan fingerprint density at radius 3 is 2.95 bits per heavy atom. The Bertz CT molecular complexity index is 619. The topological polar surface area (TPSA) is 88.2 Å². The Labute approximate surface area is 115 Å². The van der Waals surface area contributed by atoms with Gasteiger partial charge in [-0.25, -0.2) is 4.39 Å². The van der Waals surface area contributed by atoms with Crippen LogP contribution in [0.2, 0.25) is 0 Å². The number of nitrogens with zero attached hydrogens (tertiary/aromatic N) is 1. The van der Waals surface area contributed by atoms with E-state index in [9.17, 15) is 14.3 Å². The van der Waals surface area contributed by atoms with Crippen LogP contribution in [0.1, 0.15) is 22.0 Å². The zero-order valence-electron chi connectivity index (χ0n) is 10.6. The zero-order chi connectivity index (χ0) is 14.5. The number of pyridine rings is 1. The summed E-state index contributed by atoms with van der Waals surface area (Å²) in [4.78, 5) is 15.0. The molecule has 6 heteroatoms. The number of hydrogen-bond donors (Lipinski definition) is 3. The number of benzene rings is 1. The van der Waals surface area contributed by atoms with Crippen LogP contribution in [-0.4, -0.2) is 22.5 Å². The van der Waals surface area contributed by atoms with Gasteiger partial charge in [-0.3, -0.25) is 9.78 Å². The molecule has 0 aliphatic rings. The molecule has 0 saturated heterocycles. The number of amides is 1.